The van der Waals surface area contributed by atoms with E-state index in [1.165, 1.54) is 11.3 Å². The molecule has 0 bridgehead atoms. The average molecular weight is 423 g/mol. The van der Waals surface area contributed by atoms with E-state index >= 15 is 0 Å². The summed E-state index contributed by atoms with van der Waals surface area (Å²) in [5.41, 5.74) is 9.20. The van der Waals surface area contributed by atoms with Crippen LogP contribution in [0, 0.1) is 0 Å². The zero-order chi connectivity index (χ0) is 21.2. The number of nitrogens with two attached hydrogens (primary N) is 1. The van der Waals surface area contributed by atoms with E-state index in [1.54, 1.807) is 11.3 Å². The number of thiazole rings is 1. The van der Waals surface area contributed by atoms with Crippen LogP contribution in [0.1, 0.15) is 50.4 Å². The van der Waals surface area contributed by atoms with Gasteiger partial charge >= 0.3 is 0 Å². The summed E-state index contributed by atoms with van der Waals surface area (Å²) in [6.07, 6.45) is 5.72. The van der Waals surface area contributed by atoms with Crippen LogP contribution in [0.3, 0.4) is 0 Å². The van der Waals surface area contributed by atoms with Crippen LogP contribution in [0.15, 0.2) is 48.1 Å². The normalized spacial score (nSPS) is 17.0. The topological polar surface area (TPSA) is 80.0 Å². The maximum absolute atomic E-state index is 5.62. The minimum atomic E-state index is -0.0519. The molecule has 1 aliphatic rings. The molecule has 7 heteroatoms. The van der Waals surface area contributed by atoms with E-state index in [1.807, 2.05) is 12.4 Å². The Labute approximate surface area is 182 Å². The molecular weight excluding hydrogens is 392 g/mol. The van der Waals surface area contributed by atoms with Gasteiger partial charge in [0.1, 0.15) is 0 Å². The Morgan fingerprint density at radius 3 is 2.40 bits per heavy atom. The smallest absolute Gasteiger partial charge is 0.219 e. The Bertz CT molecular complexity index is 953. The van der Waals surface area contributed by atoms with Crippen molar-refractivity contribution >= 4 is 22.4 Å². The SMILES string of the molecule is CC(C)(C)Nc1nc(C2(c3ccccc3)CCN(Cc3cnc(N)nc3)CC2)cs1. The number of anilines is 2. The van der Waals surface area contributed by atoms with Crippen LogP contribution in [0.25, 0.3) is 0 Å². The van der Waals surface area contributed by atoms with Crippen molar-refractivity contribution in [2.45, 2.75) is 51.1 Å². The van der Waals surface area contributed by atoms with Gasteiger partial charge in [0.05, 0.1) is 5.69 Å². The van der Waals surface area contributed by atoms with Gasteiger partial charge in [0.2, 0.25) is 5.95 Å². The second-order valence-corrected chi connectivity index (χ2v) is 9.94. The van der Waals surface area contributed by atoms with Crippen molar-refractivity contribution < 1.29 is 0 Å². The number of rotatable bonds is 5. The maximum atomic E-state index is 5.62. The van der Waals surface area contributed by atoms with E-state index in [0.717, 1.165) is 43.2 Å². The molecule has 3 N–H and O–H groups in total. The zero-order valence-corrected chi connectivity index (χ0v) is 18.7. The summed E-state index contributed by atoms with van der Waals surface area (Å²) in [5, 5.41) is 6.76. The van der Waals surface area contributed by atoms with Gasteiger partial charge in [-0.2, -0.15) is 0 Å². The molecule has 6 nitrogen and oxygen atoms in total. The van der Waals surface area contributed by atoms with E-state index in [-0.39, 0.29) is 11.0 Å². The van der Waals surface area contributed by atoms with Crippen LogP contribution in [0.5, 0.6) is 0 Å². The summed E-state index contributed by atoms with van der Waals surface area (Å²) >= 11 is 1.70. The van der Waals surface area contributed by atoms with E-state index in [4.69, 9.17) is 10.7 Å². The first-order chi connectivity index (χ1) is 14.3. The van der Waals surface area contributed by atoms with Gasteiger partial charge in [0.25, 0.3) is 0 Å². The van der Waals surface area contributed by atoms with Crippen LogP contribution >= 0.6 is 11.3 Å². The molecule has 158 valence electrons. The highest BCUT2D eigenvalue weighted by Gasteiger charge is 2.40. The molecule has 3 aromatic rings. The molecule has 1 aliphatic heterocycles. The lowest BCUT2D eigenvalue weighted by Crippen LogP contribution is -2.43. The molecule has 4 rings (SSSR count). The largest absolute Gasteiger partial charge is 0.368 e. The van der Waals surface area contributed by atoms with Gasteiger partial charge in [-0.3, -0.25) is 4.90 Å². The summed E-state index contributed by atoms with van der Waals surface area (Å²) < 4.78 is 0. The third kappa shape index (κ3) is 4.63. The Morgan fingerprint density at radius 2 is 1.77 bits per heavy atom. The third-order valence-corrected chi connectivity index (χ3v) is 6.40. The Balaban J connectivity index is 1.56. The third-order valence-electron chi connectivity index (χ3n) is 5.64. The first-order valence-electron chi connectivity index (χ1n) is 10.4. The van der Waals surface area contributed by atoms with Crippen molar-refractivity contribution in [3.8, 4) is 0 Å². The van der Waals surface area contributed by atoms with Crippen LogP contribution < -0.4 is 11.1 Å². The van der Waals surface area contributed by atoms with E-state index in [0.29, 0.717) is 5.95 Å². The molecule has 0 radical (unpaired) electrons. The Kier molecular flexibility index (Phi) is 5.75. The number of piperidine rings is 1. The van der Waals surface area contributed by atoms with Crippen molar-refractivity contribution in [3.05, 3.63) is 64.9 Å². The highest BCUT2D eigenvalue weighted by atomic mass is 32.1. The zero-order valence-electron chi connectivity index (χ0n) is 17.9. The lowest BCUT2D eigenvalue weighted by molar-refractivity contribution is 0.170. The van der Waals surface area contributed by atoms with Crippen molar-refractivity contribution in [1.29, 1.82) is 0 Å². The van der Waals surface area contributed by atoms with Crippen LogP contribution in [0.2, 0.25) is 0 Å². The molecule has 2 aromatic heterocycles. The molecule has 0 amide bonds. The Hall–Kier alpha value is -2.51. The number of aromatic nitrogens is 3. The summed E-state index contributed by atoms with van der Waals surface area (Å²) in [7, 11) is 0. The van der Waals surface area contributed by atoms with Gasteiger partial charge in [-0.1, -0.05) is 30.3 Å². The summed E-state index contributed by atoms with van der Waals surface area (Å²) in [4.78, 5) is 15.8. The first-order valence-corrected chi connectivity index (χ1v) is 11.3. The van der Waals surface area contributed by atoms with Crippen LogP contribution in [-0.2, 0) is 12.0 Å². The molecule has 3 heterocycles. The second-order valence-electron chi connectivity index (χ2n) is 9.09. The maximum Gasteiger partial charge on any atom is 0.219 e. The number of benzene rings is 1. The number of nitrogens with zero attached hydrogens (tertiary/aromatic N) is 4. The fourth-order valence-electron chi connectivity index (χ4n) is 4.12. The van der Waals surface area contributed by atoms with Gasteiger partial charge in [-0.15, -0.1) is 11.3 Å². The lowest BCUT2D eigenvalue weighted by Gasteiger charge is -2.41. The number of nitrogen functional groups attached to an aromatic ring is 1. The molecule has 0 atom stereocenters. The van der Waals surface area contributed by atoms with E-state index < -0.39 is 0 Å². The standard InChI is InChI=1S/C23H30N6S/c1-22(2,3)28-21-27-19(16-30-21)23(18-7-5-4-6-8-18)9-11-29(12-10-23)15-17-13-25-20(24)26-14-17/h4-8,13-14,16H,9-12,15H2,1-3H3,(H,27,28)(H2,24,25,26). The number of hydrogen-bond donors (Lipinski definition) is 2. The molecule has 30 heavy (non-hydrogen) atoms. The minimum absolute atomic E-state index is 0.000450. The summed E-state index contributed by atoms with van der Waals surface area (Å²) in [5.74, 6) is 0.323. The molecule has 1 fully saturated rings. The second kappa shape index (κ2) is 8.32. The quantitative estimate of drug-likeness (QED) is 0.638. The van der Waals surface area contributed by atoms with Gasteiger partial charge in [-0.25, -0.2) is 15.0 Å². The fraction of sp³-hybridized carbons (Fsp3) is 0.435. The predicted octanol–water partition coefficient (Wildman–Crippen LogP) is 4.31. The van der Waals surface area contributed by atoms with Gasteiger partial charge in [0.15, 0.2) is 5.13 Å². The average Bonchev–Trinajstić information content (AvgIpc) is 3.18. The van der Waals surface area contributed by atoms with Crippen molar-refractivity contribution in [3.63, 3.8) is 0 Å². The van der Waals surface area contributed by atoms with Crippen LogP contribution in [0.4, 0.5) is 11.1 Å². The molecule has 0 unspecified atom stereocenters. The van der Waals surface area contributed by atoms with Crippen molar-refractivity contribution in [2.24, 2.45) is 0 Å². The predicted molar refractivity (Wildman–Crippen MR) is 124 cm³/mol. The molecule has 0 spiro atoms. The highest BCUT2D eigenvalue weighted by molar-refractivity contribution is 7.13. The number of hydrogen-bond acceptors (Lipinski definition) is 7. The van der Waals surface area contributed by atoms with Gasteiger partial charge in [-0.05, 0) is 52.3 Å². The number of likely N-dealkylation sites (tertiary alicyclic amines) is 1. The summed E-state index contributed by atoms with van der Waals surface area (Å²) in [6, 6.07) is 10.9. The monoisotopic (exact) mass is 422 g/mol. The molecule has 1 saturated heterocycles. The van der Waals surface area contributed by atoms with Crippen molar-refractivity contribution in [1.82, 2.24) is 19.9 Å². The van der Waals surface area contributed by atoms with Crippen molar-refractivity contribution in [2.75, 3.05) is 24.1 Å². The number of nitrogens with one attached hydrogen (secondary N) is 1. The highest BCUT2D eigenvalue weighted by Crippen LogP contribution is 2.43. The molecule has 1 aromatic carbocycles. The van der Waals surface area contributed by atoms with Crippen LogP contribution in [-0.4, -0.2) is 38.5 Å². The Morgan fingerprint density at radius 1 is 1.10 bits per heavy atom. The fourth-order valence-corrected chi connectivity index (χ4v) is 5.14. The van der Waals surface area contributed by atoms with E-state index in [2.05, 4.69) is 76.7 Å². The minimum Gasteiger partial charge on any atom is -0.368 e. The van der Waals surface area contributed by atoms with Gasteiger partial charge in [0, 0.05) is 40.8 Å². The van der Waals surface area contributed by atoms with E-state index in [9.17, 15) is 0 Å². The molecule has 0 aliphatic carbocycles. The summed E-state index contributed by atoms with van der Waals surface area (Å²) in [6.45, 7) is 9.35. The molecular formula is C23H30N6S. The lowest BCUT2D eigenvalue weighted by atomic mass is 9.70. The van der Waals surface area contributed by atoms with Gasteiger partial charge < -0.3 is 11.1 Å². The first kappa shape index (κ1) is 20.8. The molecule has 0 saturated carbocycles.